The van der Waals surface area contributed by atoms with E-state index in [2.05, 4.69) is 4.99 Å². The van der Waals surface area contributed by atoms with Crippen molar-refractivity contribution in [3.05, 3.63) is 78.5 Å². The lowest BCUT2D eigenvalue weighted by Crippen LogP contribution is -2.40. The molecule has 212 valence electrons. The Morgan fingerprint density at radius 1 is 1.05 bits per heavy atom. The molecule has 0 amide bonds. The minimum Gasteiger partial charge on any atom is -0.497 e. The lowest BCUT2D eigenvalue weighted by atomic mass is 9.94. The predicted molar refractivity (Wildman–Crippen MR) is 150 cm³/mol. The zero-order valence-electron chi connectivity index (χ0n) is 23.3. The SMILES string of the molecule is CCOc1c(OC)cccc1[C@@H]1C(C(=O)OCCOC)=C(C)N=c2s/c(=C/c3cc(OC)ccc3OC)c(=O)n21. The van der Waals surface area contributed by atoms with Crippen molar-refractivity contribution in [3.63, 3.8) is 0 Å². The Morgan fingerprint density at radius 3 is 2.50 bits per heavy atom. The predicted octanol–water partition coefficient (Wildman–Crippen LogP) is 2.85. The number of aromatic nitrogens is 1. The molecule has 0 saturated heterocycles. The van der Waals surface area contributed by atoms with E-state index in [1.54, 1.807) is 57.6 Å². The number of para-hydroxylation sites is 1. The molecule has 0 fully saturated rings. The van der Waals surface area contributed by atoms with Crippen molar-refractivity contribution in [1.29, 1.82) is 0 Å². The Bertz CT molecular complexity index is 1600. The van der Waals surface area contributed by atoms with E-state index >= 15 is 0 Å². The highest BCUT2D eigenvalue weighted by Crippen LogP contribution is 2.40. The van der Waals surface area contributed by atoms with E-state index in [1.165, 1.54) is 30.1 Å². The van der Waals surface area contributed by atoms with Crippen LogP contribution >= 0.6 is 11.3 Å². The number of allylic oxidation sites excluding steroid dienone is 1. The molecule has 1 atom stereocenters. The summed E-state index contributed by atoms with van der Waals surface area (Å²) in [5.41, 5.74) is 1.56. The maximum atomic E-state index is 14.1. The van der Waals surface area contributed by atoms with Crippen molar-refractivity contribution in [2.24, 2.45) is 4.99 Å². The summed E-state index contributed by atoms with van der Waals surface area (Å²) in [6.07, 6.45) is 1.73. The van der Waals surface area contributed by atoms with E-state index in [-0.39, 0.29) is 24.3 Å². The van der Waals surface area contributed by atoms with Crippen LogP contribution in [0.5, 0.6) is 23.0 Å². The second-order valence-electron chi connectivity index (χ2n) is 8.63. The van der Waals surface area contributed by atoms with Crippen molar-refractivity contribution >= 4 is 23.4 Å². The molecular weight excluding hydrogens is 536 g/mol. The van der Waals surface area contributed by atoms with E-state index in [9.17, 15) is 9.59 Å². The van der Waals surface area contributed by atoms with Crippen LogP contribution in [0.3, 0.4) is 0 Å². The lowest BCUT2D eigenvalue weighted by Gasteiger charge is -2.27. The van der Waals surface area contributed by atoms with Gasteiger partial charge in [-0.2, -0.15) is 0 Å². The highest BCUT2D eigenvalue weighted by molar-refractivity contribution is 7.07. The second kappa shape index (κ2) is 12.8. The van der Waals surface area contributed by atoms with Crippen LogP contribution < -0.4 is 33.8 Å². The summed E-state index contributed by atoms with van der Waals surface area (Å²) in [7, 11) is 6.19. The van der Waals surface area contributed by atoms with Crippen molar-refractivity contribution in [2.45, 2.75) is 19.9 Å². The Labute approximate surface area is 235 Å². The van der Waals surface area contributed by atoms with E-state index < -0.39 is 12.0 Å². The Hall–Kier alpha value is -4.09. The molecule has 1 aromatic heterocycles. The molecule has 0 N–H and O–H groups in total. The molecule has 2 heterocycles. The molecule has 0 radical (unpaired) electrons. The van der Waals surface area contributed by atoms with Crippen LogP contribution in [0.25, 0.3) is 6.08 Å². The largest absolute Gasteiger partial charge is 0.497 e. The number of esters is 1. The minimum absolute atomic E-state index is 0.0509. The second-order valence-corrected chi connectivity index (χ2v) is 9.64. The Morgan fingerprint density at radius 2 is 1.82 bits per heavy atom. The molecule has 0 bridgehead atoms. The number of carbonyl (C=O) groups is 1. The number of rotatable bonds is 11. The summed E-state index contributed by atoms with van der Waals surface area (Å²) in [6.45, 7) is 4.21. The van der Waals surface area contributed by atoms with Gasteiger partial charge >= 0.3 is 5.97 Å². The topological polar surface area (TPSA) is 107 Å². The van der Waals surface area contributed by atoms with Gasteiger partial charge in [-0.25, -0.2) is 9.79 Å². The van der Waals surface area contributed by atoms with Crippen LogP contribution in [0, 0.1) is 0 Å². The Balaban J connectivity index is 1.99. The minimum atomic E-state index is -0.878. The quantitative estimate of drug-likeness (QED) is 0.257. The molecule has 0 spiro atoms. The zero-order valence-corrected chi connectivity index (χ0v) is 24.1. The highest BCUT2D eigenvalue weighted by Gasteiger charge is 2.36. The molecule has 2 aromatic carbocycles. The number of nitrogens with zero attached hydrogens (tertiary/aromatic N) is 2. The van der Waals surface area contributed by atoms with Crippen LogP contribution in [0.2, 0.25) is 0 Å². The van der Waals surface area contributed by atoms with Gasteiger partial charge in [-0.05, 0) is 44.2 Å². The summed E-state index contributed by atoms with van der Waals surface area (Å²) in [4.78, 5) is 32.6. The first-order chi connectivity index (χ1) is 19.4. The average molecular weight is 569 g/mol. The van der Waals surface area contributed by atoms with Gasteiger partial charge < -0.3 is 28.4 Å². The fraction of sp³-hybridized carbons (Fsp3) is 0.345. The maximum absolute atomic E-state index is 14.1. The number of fused-ring (bicyclic) bond motifs is 1. The molecule has 0 unspecified atom stereocenters. The summed E-state index contributed by atoms with van der Waals surface area (Å²) >= 11 is 1.21. The van der Waals surface area contributed by atoms with Gasteiger partial charge in [0.1, 0.15) is 24.1 Å². The van der Waals surface area contributed by atoms with Gasteiger partial charge in [0.05, 0.1) is 50.3 Å². The molecule has 0 saturated carbocycles. The number of thiazole rings is 1. The number of hydrogen-bond donors (Lipinski definition) is 0. The number of methoxy groups -OCH3 is 4. The van der Waals surface area contributed by atoms with Crippen LogP contribution in [-0.2, 0) is 14.3 Å². The number of carbonyl (C=O) groups excluding carboxylic acids is 1. The van der Waals surface area contributed by atoms with Crippen molar-refractivity contribution in [2.75, 3.05) is 48.3 Å². The number of ether oxygens (including phenoxy) is 6. The zero-order chi connectivity index (χ0) is 28.8. The smallest absolute Gasteiger partial charge is 0.338 e. The van der Waals surface area contributed by atoms with Gasteiger partial charge in [0.2, 0.25) is 0 Å². The summed E-state index contributed by atoms with van der Waals surface area (Å²) in [5.74, 6) is 1.50. The standard InChI is InChI=1S/C29H32N2O8S/c1-7-38-26-20(9-8-10-22(26)37-6)25-24(28(33)39-14-13-34-3)17(2)30-29-31(25)27(32)23(40-29)16-18-15-19(35-4)11-12-21(18)36-5/h8-12,15-16,25H,7,13-14H2,1-6H3/b23-16+/t25-/m1/s1. The fourth-order valence-electron chi connectivity index (χ4n) is 4.47. The number of hydrogen-bond acceptors (Lipinski definition) is 10. The van der Waals surface area contributed by atoms with E-state index in [4.69, 9.17) is 28.4 Å². The highest BCUT2D eigenvalue weighted by atomic mass is 32.1. The van der Waals surface area contributed by atoms with Crippen LogP contribution in [0.15, 0.2) is 57.5 Å². The first-order valence-corrected chi connectivity index (χ1v) is 13.4. The summed E-state index contributed by atoms with van der Waals surface area (Å²) < 4.78 is 34.9. The molecule has 11 heteroatoms. The monoisotopic (exact) mass is 568 g/mol. The van der Waals surface area contributed by atoms with Crippen molar-refractivity contribution in [3.8, 4) is 23.0 Å². The third-order valence-corrected chi connectivity index (χ3v) is 7.28. The number of benzene rings is 2. The molecule has 10 nitrogen and oxygen atoms in total. The fourth-order valence-corrected chi connectivity index (χ4v) is 5.51. The first kappa shape index (κ1) is 28.9. The normalized spacial score (nSPS) is 14.8. The molecule has 40 heavy (non-hydrogen) atoms. The van der Waals surface area contributed by atoms with Crippen LogP contribution in [-0.4, -0.2) is 58.8 Å². The van der Waals surface area contributed by atoms with E-state index in [0.717, 1.165) is 0 Å². The van der Waals surface area contributed by atoms with Crippen LogP contribution in [0.4, 0.5) is 0 Å². The van der Waals surface area contributed by atoms with Gasteiger partial charge in [0, 0.05) is 18.2 Å². The van der Waals surface area contributed by atoms with Crippen molar-refractivity contribution < 1.29 is 33.2 Å². The van der Waals surface area contributed by atoms with Gasteiger partial charge in [0.15, 0.2) is 16.3 Å². The molecule has 1 aliphatic rings. The van der Waals surface area contributed by atoms with E-state index in [1.807, 2.05) is 13.0 Å². The van der Waals surface area contributed by atoms with Gasteiger partial charge in [-0.15, -0.1) is 0 Å². The third-order valence-electron chi connectivity index (χ3n) is 6.30. The van der Waals surface area contributed by atoms with Gasteiger partial charge in [-0.3, -0.25) is 9.36 Å². The molecular formula is C29H32N2O8S. The summed E-state index contributed by atoms with van der Waals surface area (Å²) in [5, 5.41) is 0. The van der Waals surface area contributed by atoms with Crippen molar-refractivity contribution in [1.82, 2.24) is 4.57 Å². The lowest BCUT2D eigenvalue weighted by molar-refractivity contribution is -0.140. The molecule has 0 aliphatic carbocycles. The van der Waals surface area contributed by atoms with Gasteiger partial charge in [-0.1, -0.05) is 23.5 Å². The third kappa shape index (κ3) is 5.61. The molecule has 4 rings (SSSR count). The van der Waals surface area contributed by atoms with E-state index in [0.29, 0.717) is 55.8 Å². The van der Waals surface area contributed by atoms with Gasteiger partial charge in [0.25, 0.3) is 5.56 Å². The van der Waals surface area contributed by atoms with Crippen LogP contribution in [0.1, 0.15) is 31.0 Å². The maximum Gasteiger partial charge on any atom is 0.338 e. The first-order valence-electron chi connectivity index (χ1n) is 12.6. The summed E-state index contributed by atoms with van der Waals surface area (Å²) in [6, 6.07) is 9.82. The molecule has 1 aliphatic heterocycles. The average Bonchev–Trinajstić information content (AvgIpc) is 3.26. The molecule has 3 aromatic rings. The Kier molecular flexibility index (Phi) is 9.28.